The maximum absolute atomic E-state index is 13.8. The molecule has 4 aromatic rings. The van der Waals surface area contributed by atoms with Crippen LogP contribution < -0.4 is 14.8 Å². The number of fused-ring (bicyclic) bond motifs is 1. The molecule has 0 unspecified atom stereocenters. The van der Waals surface area contributed by atoms with Crippen LogP contribution in [0.15, 0.2) is 53.1 Å². The van der Waals surface area contributed by atoms with Gasteiger partial charge in [0.1, 0.15) is 17.2 Å². The second-order valence-corrected chi connectivity index (χ2v) is 8.90. The lowest BCUT2D eigenvalue weighted by Crippen LogP contribution is -2.30. The Morgan fingerprint density at radius 2 is 1.89 bits per heavy atom. The van der Waals surface area contributed by atoms with Crippen molar-refractivity contribution in [3.63, 3.8) is 0 Å². The Balaban J connectivity index is 1.37. The van der Waals surface area contributed by atoms with Crippen molar-refractivity contribution in [2.24, 2.45) is 0 Å². The maximum Gasteiger partial charge on any atom is 0.251 e. The molecule has 1 fully saturated rings. The molecule has 8 heteroatoms. The first kappa shape index (κ1) is 23.5. The molecule has 0 atom stereocenters. The smallest absolute Gasteiger partial charge is 0.251 e. The van der Waals surface area contributed by atoms with Gasteiger partial charge in [0.25, 0.3) is 5.91 Å². The molecule has 5 rings (SSSR count). The van der Waals surface area contributed by atoms with E-state index in [1.54, 1.807) is 49.6 Å². The molecule has 1 N–H and O–H groups in total. The predicted molar refractivity (Wildman–Crippen MR) is 132 cm³/mol. The van der Waals surface area contributed by atoms with Gasteiger partial charge in [0.2, 0.25) is 0 Å². The molecule has 0 aliphatic heterocycles. The molecule has 2 aromatic heterocycles. The number of aromatic nitrogens is 1. The average molecular weight is 489 g/mol. The van der Waals surface area contributed by atoms with Crippen molar-refractivity contribution in [2.75, 3.05) is 13.7 Å². The van der Waals surface area contributed by atoms with Crippen LogP contribution in [0.5, 0.6) is 11.5 Å². The quantitative estimate of drug-likeness (QED) is 0.334. The third-order valence-electron chi connectivity index (χ3n) is 6.12. The molecule has 1 aliphatic carbocycles. The standard InChI is InChI=1S/C28H25FN2O5/c1-15-10-17(4-8-21(15)29)26-27-20(16(2)14-35-27)12-22(31-26)23(32)13-30-28(33)18-5-9-24(25(11-18)34-3)36-19-6-7-19/h4-5,8-12,14,19H,6-7,13H2,1-3H3,(H,30,33). The fourth-order valence-electron chi connectivity index (χ4n) is 3.91. The number of benzene rings is 2. The molecular weight excluding hydrogens is 463 g/mol. The molecule has 2 heterocycles. The lowest BCUT2D eigenvalue weighted by molar-refractivity contribution is 0.0902. The summed E-state index contributed by atoms with van der Waals surface area (Å²) in [5, 5.41) is 3.38. The number of ketones is 1. The summed E-state index contributed by atoms with van der Waals surface area (Å²) >= 11 is 0. The molecule has 2 aromatic carbocycles. The fourth-order valence-corrected chi connectivity index (χ4v) is 3.91. The van der Waals surface area contributed by atoms with Gasteiger partial charge in [-0.3, -0.25) is 9.59 Å². The molecule has 36 heavy (non-hydrogen) atoms. The first-order valence-electron chi connectivity index (χ1n) is 11.7. The number of carbonyl (C=O) groups is 2. The Hall–Kier alpha value is -4.20. The highest BCUT2D eigenvalue weighted by Crippen LogP contribution is 2.34. The van der Waals surface area contributed by atoms with Crippen LogP contribution in [0, 0.1) is 19.7 Å². The summed E-state index contributed by atoms with van der Waals surface area (Å²) in [6, 6.07) is 11.2. The summed E-state index contributed by atoms with van der Waals surface area (Å²) in [6.07, 6.45) is 3.80. The number of carbonyl (C=O) groups excluding carboxylic acids is 2. The molecule has 184 valence electrons. The summed E-state index contributed by atoms with van der Waals surface area (Å²) < 4.78 is 30.7. The number of nitrogens with zero attached hydrogens (tertiary/aromatic N) is 1. The van der Waals surface area contributed by atoms with Crippen molar-refractivity contribution in [1.82, 2.24) is 10.3 Å². The first-order chi connectivity index (χ1) is 17.3. The zero-order chi connectivity index (χ0) is 25.4. The Bertz CT molecular complexity index is 1490. The molecule has 0 saturated heterocycles. The van der Waals surface area contributed by atoms with Gasteiger partial charge < -0.3 is 19.2 Å². The Morgan fingerprint density at radius 1 is 1.08 bits per heavy atom. The van der Waals surface area contributed by atoms with Gasteiger partial charge in [-0.05, 0) is 80.3 Å². The van der Waals surface area contributed by atoms with Crippen molar-refractivity contribution in [1.29, 1.82) is 0 Å². The van der Waals surface area contributed by atoms with Gasteiger partial charge in [0.05, 0.1) is 26.0 Å². The third kappa shape index (κ3) is 4.66. The van der Waals surface area contributed by atoms with Crippen molar-refractivity contribution < 1.29 is 27.9 Å². The molecule has 1 aliphatic rings. The molecule has 0 spiro atoms. The average Bonchev–Trinajstić information content (AvgIpc) is 3.63. The van der Waals surface area contributed by atoms with Gasteiger partial charge in [0, 0.05) is 16.5 Å². The number of amides is 1. The van der Waals surface area contributed by atoms with Gasteiger partial charge in [0.15, 0.2) is 22.9 Å². The number of rotatable bonds is 8. The number of methoxy groups -OCH3 is 1. The van der Waals surface area contributed by atoms with Gasteiger partial charge in [-0.15, -0.1) is 0 Å². The first-order valence-corrected chi connectivity index (χ1v) is 11.7. The van der Waals surface area contributed by atoms with E-state index in [0.29, 0.717) is 39.5 Å². The lowest BCUT2D eigenvalue weighted by atomic mass is 10.0. The van der Waals surface area contributed by atoms with Crippen molar-refractivity contribution >= 4 is 22.7 Å². The number of hydrogen-bond donors (Lipinski definition) is 1. The van der Waals surface area contributed by atoms with E-state index in [1.165, 1.54) is 13.2 Å². The maximum atomic E-state index is 13.8. The van der Waals surface area contributed by atoms with Gasteiger partial charge in [-0.1, -0.05) is 0 Å². The normalized spacial score (nSPS) is 13.0. The highest BCUT2D eigenvalue weighted by molar-refractivity contribution is 6.04. The van der Waals surface area contributed by atoms with E-state index in [-0.39, 0.29) is 29.9 Å². The van der Waals surface area contributed by atoms with E-state index in [1.807, 2.05) is 6.92 Å². The molecule has 0 radical (unpaired) electrons. The molecule has 1 amide bonds. The third-order valence-corrected chi connectivity index (χ3v) is 6.12. The molecular formula is C28H25FN2O5. The number of Topliss-reactive ketones (excluding diaryl/α,β-unsaturated/α-hetero) is 1. The highest BCUT2D eigenvalue weighted by atomic mass is 19.1. The van der Waals surface area contributed by atoms with E-state index in [0.717, 1.165) is 23.8 Å². The molecule has 1 saturated carbocycles. The highest BCUT2D eigenvalue weighted by Gasteiger charge is 2.25. The number of ether oxygens (including phenoxy) is 2. The zero-order valence-electron chi connectivity index (χ0n) is 20.2. The van der Waals surface area contributed by atoms with Crippen LogP contribution in [0.4, 0.5) is 4.39 Å². The van der Waals surface area contributed by atoms with E-state index >= 15 is 0 Å². The molecule has 7 nitrogen and oxygen atoms in total. The number of nitrogens with one attached hydrogen (secondary N) is 1. The van der Waals surface area contributed by atoms with Crippen LogP contribution in [0.25, 0.3) is 22.2 Å². The van der Waals surface area contributed by atoms with Crippen LogP contribution in [-0.2, 0) is 0 Å². The summed E-state index contributed by atoms with van der Waals surface area (Å²) in [6.45, 7) is 3.28. The van der Waals surface area contributed by atoms with Crippen LogP contribution in [0.3, 0.4) is 0 Å². The second kappa shape index (κ2) is 9.45. The SMILES string of the molecule is COc1cc(C(=O)NCC(=O)c2cc3c(C)coc3c(-c3ccc(F)c(C)c3)n2)ccc1OC1CC1. The number of hydrogen-bond acceptors (Lipinski definition) is 6. The Labute approximate surface area is 207 Å². The lowest BCUT2D eigenvalue weighted by Gasteiger charge is -2.12. The van der Waals surface area contributed by atoms with Gasteiger partial charge in [-0.25, -0.2) is 9.37 Å². The van der Waals surface area contributed by atoms with E-state index in [2.05, 4.69) is 10.3 Å². The van der Waals surface area contributed by atoms with Crippen molar-refractivity contribution in [3.05, 3.63) is 76.9 Å². The zero-order valence-corrected chi connectivity index (χ0v) is 20.2. The minimum Gasteiger partial charge on any atom is -0.493 e. The van der Waals surface area contributed by atoms with Gasteiger partial charge in [-0.2, -0.15) is 0 Å². The van der Waals surface area contributed by atoms with E-state index < -0.39 is 5.91 Å². The minimum atomic E-state index is -0.422. The summed E-state index contributed by atoms with van der Waals surface area (Å²) in [4.78, 5) is 30.3. The molecule has 0 bridgehead atoms. The van der Waals surface area contributed by atoms with E-state index in [4.69, 9.17) is 13.9 Å². The number of pyridine rings is 1. The van der Waals surface area contributed by atoms with Crippen LogP contribution in [0.2, 0.25) is 0 Å². The monoisotopic (exact) mass is 488 g/mol. The van der Waals surface area contributed by atoms with Crippen LogP contribution >= 0.6 is 0 Å². The minimum absolute atomic E-state index is 0.176. The summed E-state index contributed by atoms with van der Waals surface area (Å²) in [5.74, 6) is -0.0719. The van der Waals surface area contributed by atoms with Crippen LogP contribution in [-0.4, -0.2) is 36.4 Å². The largest absolute Gasteiger partial charge is 0.493 e. The Morgan fingerprint density at radius 3 is 2.61 bits per heavy atom. The number of halogens is 1. The Kier molecular flexibility index (Phi) is 6.18. The van der Waals surface area contributed by atoms with Gasteiger partial charge >= 0.3 is 0 Å². The number of furan rings is 1. The predicted octanol–water partition coefficient (Wildman–Crippen LogP) is 5.41. The number of aryl methyl sites for hydroxylation is 2. The summed E-state index contributed by atoms with van der Waals surface area (Å²) in [5.41, 5.74) is 3.40. The van der Waals surface area contributed by atoms with Crippen molar-refractivity contribution in [2.45, 2.75) is 32.8 Å². The topological polar surface area (TPSA) is 90.7 Å². The second-order valence-electron chi connectivity index (χ2n) is 8.90. The van der Waals surface area contributed by atoms with Crippen LogP contribution in [0.1, 0.15) is 44.8 Å². The fraction of sp³-hybridized carbons (Fsp3) is 0.250. The van der Waals surface area contributed by atoms with Crippen molar-refractivity contribution in [3.8, 4) is 22.8 Å². The summed E-state index contributed by atoms with van der Waals surface area (Å²) in [7, 11) is 1.51. The van der Waals surface area contributed by atoms with E-state index in [9.17, 15) is 14.0 Å².